The zero-order chi connectivity index (χ0) is 45.4. The number of hydrogen-bond acceptors (Lipinski definition) is 1. The minimum atomic E-state index is -0.121. The Morgan fingerprint density at radius 1 is 0.373 bits per heavy atom. The van der Waals surface area contributed by atoms with Crippen molar-refractivity contribution < 1.29 is 0 Å². The van der Waals surface area contributed by atoms with Crippen LogP contribution >= 0.6 is 0 Å². The standard InChI is InChI=1S/C65H52N2/c1-64(2,3)48-32-25-43(26-33-48)47-31-39-58-57-20-10-13-24-62(57)67(63(58)41-47)61-23-12-9-18-54(61)46-29-36-50(37-30-46)66(51-38-40-56-55-19-8-11-22-59(55)65(4,5)60(56)42-51)49-34-27-45(28-35-49)53-21-14-16-44-15-6-7-17-52(44)53/h6-42H,1-5H3. The molecule has 11 aromatic rings. The van der Waals surface area contributed by atoms with Gasteiger partial charge in [0.1, 0.15) is 0 Å². The average Bonchev–Trinajstić information content (AvgIpc) is 3.81. The predicted molar refractivity (Wildman–Crippen MR) is 286 cm³/mol. The topological polar surface area (TPSA) is 8.17 Å². The summed E-state index contributed by atoms with van der Waals surface area (Å²) in [7, 11) is 0. The van der Waals surface area contributed by atoms with E-state index in [1.54, 1.807) is 0 Å². The van der Waals surface area contributed by atoms with Crippen molar-refractivity contribution in [3.8, 4) is 50.2 Å². The van der Waals surface area contributed by atoms with E-state index in [1.165, 1.54) is 88.2 Å². The monoisotopic (exact) mass is 860 g/mol. The first-order valence-electron chi connectivity index (χ1n) is 23.6. The quantitative estimate of drug-likeness (QED) is 0.155. The van der Waals surface area contributed by atoms with Crippen LogP contribution in [0, 0.1) is 0 Å². The summed E-state index contributed by atoms with van der Waals surface area (Å²) < 4.78 is 2.47. The number of rotatable bonds is 7. The third kappa shape index (κ3) is 6.78. The Morgan fingerprint density at radius 3 is 1.66 bits per heavy atom. The molecule has 0 atom stereocenters. The lowest BCUT2D eigenvalue weighted by Gasteiger charge is -2.28. The van der Waals surface area contributed by atoms with Crippen LogP contribution in [0.1, 0.15) is 51.3 Å². The molecule has 0 amide bonds. The Kier molecular flexibility index (Phi) is 9.45. The van der Waals surface area contributed by atoms with Gasteiger partial charge in [-0.25, -0.2) is 0 Å². The van der Waals surface area contributed by atoms with Crippen LogP contribution in [0.3, 0.4) is 0 Å². The predicted octanol–water partition coefficient (Wildman–Crippen LogP) is 18.0. The normalized spacial score (nSPS) is 13.0. The molecule has 1 aliphatic rings. The SMILES string of the molecule is CC(C)(C)c1ccc(-c2ccc3c4ccccc4n(-c4ccccc4-c4ccc(N(c5ccc(-c6cccc7ccccc67)cc5)c5ccc6c(c5)C(C)(C)c5ccccc5-6)cc4)c3c2)cc1. The third-order valence-electron chi connectivity index (χ3n) is 14.4. The molecule has 10 aromatic carbocycles. The molecular formula is C65H52N2. The van der Waals surface area contributed by atoms with E-state index < -0.39 is 0 Å². The fourth-order valence-electron chi connectivity index (χ4n) is 10.8. The molecule has 2 heteroatoms. The molecule has 0 saturated carbocycles. The summed E-state index contributed by atoms with van der Waals surface area (Å²) in [5.41, 5.74) is 20.8. The summed E-state index contributed by atoms with van der Waals surface area (Å²) in [4.78, 5) is 2.42. The highest BCUT2D eigenvalue weighted by molar-refractivity contribution is 6.11. The van der Waals surface area contributed by atoms with Crippen molar-refractivity contribution in [2.24, 2.45) is 0 Å². The van der Waals surface area contributed by atoms with Gasteiger partial charge in [-0.15, -0.1) is 0 Å². The molecular weight excluding hydrogens is 809 g/mol. The van der Waals surface area contributed by atoms with Gasteiger partial charge < -0.3 is 9.47 Å². The van der Waals surface area contributed by atoms with Gasteiger partial charge in [0.05, 0.1) is 16.7 Å². The Morgan fingerprint density at radius 2 is 0.910 bits per heavy atom. The number of hydrogen-bond donors (Lipinski definition) is 0. The zero-order valence-electron chi connectivity index (χ0n) is 38.8. The number of aromatic nitrogens is 1. The second-order valence-electron chi connectivity index (χ2n) is 19.8. The number of anilines is 3. The first-order chi connectivity index (χ1) is 32.6. The van der Waals surface area contributed by atoms with Gasteiger partial charge in [-0.1, -0.05) is 204 Å². The van der Waals surface area contributed by atoms with Crippen LogP contribution < -0.4 is 4.90 Å². The Hall–Kier alpha value is -7.94. The summed E-state index contributed by atoms with van der Waals surface area (Å²) in [6.45, 7) is 11.5. The van der Waals surface area contributed by atoms with E-state index in [1.807, 2.05) is 0 Å². The van der Waals surface area contributed by atoms with E-state index in [0.717, 1.165) is 28.3 Å². The highest BCUT2D eigenvalue weighted by Gasteiger charge is 2.35. The molecule has 1 aliphatic carbocycles. The van der Waals surface area contributed by atoms with Crippen molar-refractivity contribution in [1.29, 1.82) is 0 Å². The maximum absolute atomic E-state index is 2.47. The first-order valence-corrected chi connectivity index (χ1v) is 23.6. The fourth-order valence-corrected chi connectivity index (χ4v) is 10.8. The molecule has 1 heterocycles. The lowest BCUT2D eigenvalue weighted by Crippen LogP contribution is -2.16. The van der Waals surface area contributed by atoms with Gasteiger partial charge in [-0.3, -0.25) is 0 Å². The molecule has 0 spiro atoms. The summed E-state index contributed by atoms with van der Waals surface area (Å²) in [5.74, 6) is 0. The smallest absolute Gasteiger partial charge is 0.0547 e. The molecule has 0 radical (unpaired) electrons. The van der Waals surface area contributed by atoms with Crippen LogP contribution in [0.2, 0.25) is 0 Å². The minimum absolute atomic E-state index is 0.102. The number of nitrogens with zero attached hydrogens (tertiary/aromatic N) is 2. The van der Waals surface area contributed by atoms with Gasteiger partial charge >= 0.3 is 0 Å². The molecule has 67 heavy (non-hydrogen) atoms. The molecule has 322 valence electrons. The van der Waals surface area contributed by atoms with Crippen molar-refractivity contribution in [2.75, 3.05) is 4.90 Å². The molecule has 0 bridgehead atoms. The van der Waals surface area contributed by atoms with Crippen LogP contribution in [0.4, 0.5) is 17.1 Å². The Bertz CT molecular complexity index is 3670. The van der Waals surface area contributed by atoms with E-state index in [-0.39, 0.29) is 10.8 Å². The zero-order valence-corrected chi connectivity index (χ0v) is 38.8. The van der Waals surface area contributed by atoms with Crippen LogP contribution in [0.5, 0.6) is 0 Å². The second kappa shape index (κ2) is 15.6. The molecule has 12 rings (SSSR count). The van der Waals surface area contributed by atoms with Gasteiger partial charge in [0.2, 0.25) is 0 Å². The summed E-state index contributed by atoms with van der Waals surface area (Å²) in [6.07, 6.45) is 0. The largest absolute Gasteiger partial charge is 0.310 e. The molecule has 0 N–H and O–H groups in total. The number of benzene rings is 10. The van der Waals surface area contributed by atoms with Crippen molar-refractivity contribution in [3.63, 3.8) is 0 Å². The maximum atomic E-state index is 2.47. The maximum Gasteiger partial charge on any atom is 0.0547 e. The van der Waals surface area contributed by atoms with Gasteiger partial charge in [0, 0.05) is 38.8 Å². The van der Waals surface area contributed by atoms with Crippen LogP contribution in [0.25, 0.3) is 82.8 Å². The number of fused-ring (bicyclic) bond motifs is 7. The average molecular weight is 861 g/mol. The Labute approximate surface area is 394 Å². The minimum Gasteiger partial charge on any atom is -0.310 e. The van der Waals surface area contributed by atoms with E-state index in [0.29, 0.717) is 0 Å². The highest BCUT2D eigenvalue weighted by Crippen LogP contribution is 2.51. The summed E-state index contributed by atoms with van der Waals surface area (Å²) in [5, 5.41) is 5.01. The molecule has 0 saturated heterocycles. The van der Waals surface area contributed by atoms with E-state index in [9.17, 15) is 0 Å². The van der Waals surface area contributed by atoms with E-state index in [4.69, 9.17) is 0 Å². The van der Waals surface area contributed by atoms with Crippen LogP contribution in [-0.2, 0) is 10.8 Å². The summed E-state index contributed by atoms with van der Waals surface area (Å²) in [6, 6.07) is 83.2. The van der Waals surface area contributed by atoms with Gasteiger partial charge in [-0.2, -0.15) is 0 Å². The van der Waals surface area contributed by atoms with Gasteiger partial charge in [0.15, 0.2) is 0 Å². The third-order valence-corrected chi connectivity index (χ3v) is 14.4. The lowest BCUT2D eigenvalue weighted by molar-refractivity contribution is 0.590. The second-order valence-corrected chi connectivity index (χ2v) is 19.8. The molecule has 0 fully saturated rings. The van der Waals surface area contributed by atoms with Crippen LogP contribution in [-0.4, -0.2) is 4.57 Å². The number of para-hydroxylation sites is 2. The molecule has 1 aromatic heterocycles. The van der Waals surface area contributed by atoms with Crippen molar-refractivity contribution >= 4 is 49.6 Å². The lowest BCUT2D eigenvalue weighted by atomic mass is 9.82. The van der Waals surface area contributed by atoms with Crippen molar-refractivity contribution in [1.82, 2.24) is 4.57 Å². The Balaban J connectivity index is 0.968. The van der Waals surface area contributed by atoms with E-state index >= 15 is 0 Å². The van der Waals surface area contributed by atoms with Crippen molar-refractivity contribution in [2.45, 2.75) is 45.4 Å². The van der Waals surface area contributed by atoms with Crippen molar-refractivity contribution in [3.05, 3.63) is 241 Å². The molecule has 0 unspecified atom stereocenters. The van der Waals surface area contributed by atoms with E-state index in [2.05, 4.69) is 269 Å². The highest BCUT2D eigenvalue weighted by atomic mass is 15.1. The van der Waals surface area contributed by atoms with Crippen LogP contribution in [0.15, 0.2) is 224 Å². The summed E-state index contributed by atoms with van der Waals surface area (Å²) >= 11 is 0. The molecule has 0 aliphatic heterocycles. The fraction of sp³-hybridized carbons (Fsp3) is 0.108. The van der Waals surface area contributed by atoms with Gasteiger partial charge in [-0.05, 0) is 126 Å². The first kappa shape index (κ1) is 40.6. The molecule has 2 nitrogen and oxygen atoms in total. The van der Waals surface area contributed by atoms with Gasteiger partial charge in [0.25, 0.3) is 0 Å².